The number of halogens is 1. The van der Waals surface area contributed by atoms with Crippen molar-refractivity contribution >= 4 is 15.9 Å². The van der Waals surface area contributed by atoms with Crippen molar-refractivity contribution in [3.05, 3.63) is 52.8 Å². The third kappa shape index (κ3) is 3.14. The quantitative estimate of drug-likeness (QED) is 0.930. The molecule has 1 N–H and O–H groups in total. The zero-order valence-corrected chi connectivity index (χ0v) is 11.4. The number of nitrogens with zero attached hydrogens (tertiary/aromatic N) is 1. The minimum atomic E-state index is 0.863. The highest BCUT2D eigenvalue weighted by Crippen LogP contribution is 2.27. The molecule has 1 heterocycles. The van der Waals surface area contributed by atoms with Crippen molar-refractivity contribution in [1.29, 1.82) is 0 Å². The van der Waals surface area contributed by atoms with E-state index in [1.165, 1.54) is 11.1 Å². The van der Waals surface area contributed by atoms with Crippen molar-refractivity contribution in [3.8, 4) is 11.1 Å². The van der Waals surface area contributed by atoms with Crippen molar-refractivity contribution in [3.63, 3.8) is 0 Å². The minimum absolute atomic E-state index is 0.863. The lowest BCUT2D eigenvalue weighted by Gasteiger charge is -2.07. The summed E-state index contributed by atoms with van der Waals surface area (Å²) in [6, 6.07) is 10.4. The number of hydrogen-bond donors (Lipinski definition) is 1. The van der Waals surface area contributed by atoms with Crippen LogP contribution in [0.4, 0.5) is 0 Å². The standard InChI is InChI=1S/C14H15BrN2/c1-2-16-8-11-7-12(10-17-9-11)13-5-3-4-6-14(13)15/h3-7,9-10,16H,2,8H2,1H3. The van der Waals surface area contributed by atoms with Gasteiger partial charge in [0, 0.05) is 29.0 Å². The zero-order valence-electron chi connectivity index (χ0n) is 9.78. The fraction of sp³-hybridized carbons (Fsp3) is 0.214. The number of benzene rings is 1. The van der Waals surface area contributed by atoms with Crippen molar-refractivity contribution < 1.29 is 0 Å². The first-order valence-corrected chi connectivity index (χ1v) is 6.50. The van der Waals surface area contributed by atoms with Crippen LogP contribution in [0.1, 0.15) is 12.5 Å². The van der Waals surface area contributed by atoms with Crippen LogP contribution in [-0.4, -0.2) is 11.5 Å². The molecule has 0 aliphatic rings. The molecule has 0 fully saturated rings. The third-order valence-electron chi connectivity index (χ3n) is 2.56. The Labute approximate surface area is 110 Å². The van der Waals surface area contributed by atoms with Crippen LogP contribution in [0.2, 0.25) is 0 Å². The number of rotatable bonds is 4. The molecule has 0 atom stereocenters. The molecule has 2 rings (SSSR count). The molecule has 1 aromatic carbocycles. The molecule has 0 unspecified atom stereocenters. The summed E-state index contributed by atoms with van der Waals surface area (Å²) in [4.78, 5) is 4.29. The number of nitrogens with one attached hydrogen (secondary N) is 1. The number of aromatic nitrogens is 1. The first-order valence-electron chi connectivity index (χ1n) is 5.71. The minimum Gasteiger partial charge on any atom is -0.313 e. The number of pyridine rings is 1. The van der Waals surface area contributed by atoms with Gasteiger partial charge in [-0.1, -0.05) is 41.1 Å². The molecule has 3 heteroatoms. The van der Waals surface area contributed by atoms with Crippen LogP contribution < -0.4 is 5.32 Å². The lowest BCUT2D eigenvalue weighted by Crippen LogP contribution is -2.11. The molecule has 17 heavy (non-hydrogen) atoms. The van der Waals surface area contributed by atoms with Gasteiger partial charge in [-0.25, -0.2) is 0 Å². The Hall–Kier alpha value is -1.19. The lowest BCUT2D eigenvalue weighted by atomic mass is 10.1. The molecule has 0 amide bonds. The molecule has 0 bridgehead atoms. The highest BCUT2D eigenvalue weighted by molar-refractivity contribution is 9.10. The number of hydrogen-bond acceptors (Lipinski definition) is 2. The summed E-state index contributed by atoms with van der Waals surface area (Å²) in [5, 5.41) is 3.31. The summed E-state index contributed by atoms with van der Waals surface area (Å²) in [6.45, 7) is 3.94. The predicted molar refractivity (Wildman–Crippen MR) is 74.8 cm³/mol. The second-order valence-corrected chi connectivity index (χ2v) is 4.70. The zero-order chi connectivity index (χ0) is 12.1. The molecular formula is C14H15BrN2. The van der Waals surface area contributed by atoms with E-state index in [0.29, 0.717) is 0 Å². The van der Waals surface area contributed by atoms with Crippen LogP contribution in [0.25, 0.3) is 11.1 Å². The van der Waals surface area contributed by atoms with E-state index in [-0.39, 0.29) is 0 Å². The first kappa shape index (κ1) is 12.3. The maximum atomic E-state index is 4.29. The molecule has 0 saturated carbocycles. The van der Waals surface area contributed by atoms with Gasteiger partial charge in [-0.15, -0.1) is 0 Å². The van der Waals surface area contributed by atoms with Crippen molar-refractivity contribution in [1.82, 2.24) is 10.3 Å². The second kappa shape index (κ2) is 5.94. The Morgan fingerprint density at radius 3 is 2.82 bits per heavy atom. The van der Waals surface area contributed by atoms with Gasteiger partial charge >= 0.3 is 0 Å². The van der Waals surface area contributed by atoms with E-state index in [1.807, 2.05) is 30.6 Å². The van der Waals surface area contributed by atoms with E-state index in [4.69, 9.17) is 0 Å². The molecule has 2 nitrogen and oxygen atoms in total. The van der Waals surface area contributed by atoms with Gasteiger partial charge in [0.2, 0.25) is 0 Å². The van der Waals surface area contributed by atoms with Gasteiger partial charge in [0.25, 0.3) is 0 Å². The van der Waals surface area contributed by atoms with Crippen LogP contribution in [0.15, 0.2) is 47.2 Å². The monoisotopic (exact) mass is 290 g/mol. The molecule has 0 saturated heterocycles. The van der Waals surface area contributed by atoms with E-state index < -0.39 is 0 Å². The SMILES string of the molecule is CCNCc1cncc(-c2ccccc2Br)c1. The maximum Gasteiger partial charge on any atom is 0.0346 e. The second-order valence-electron chi connectivity index (χ2n) is 3.84. The maximum absolute atomic E-state index is 4.29. The smallest absolute Gasteiger partial charge is 0.0346 e. The van der Waals surface area contributed by atoms with Gasteiger partial charge in [0.15, 0.2) is 0 Å². The molecule has 0 radical (unpaired) electrons. The Morgan fingerprint density at radius 1 is 1.24 bits per heavy atom. The molecule has 88 valence electrons. The fourth-order valence-electron chi connectivity index (χ4n) is 1.70. The molecule has 1 aromatic heterocycles. The van der Waals surface area contributed by atoms with Crippen LogP contribution in [-0.2, 0) is 6.54 Å². The van der Waals surface area contributed by atoms with E-state index in [9.17, 15) is 0 Å². The molecular weight excluding hydrogens is 276 g/mol. The Bertz CT molecular complexity index is 497. The predicted octanol–water partition coefficient (Wildman–Crippen LogP) is 3.62. The van der Waals surface area contributed by atoms with Gasteiger partial charge in [0.05, 0.1) is 0 Å². The van der Waals surface area contributed by atoms with E-state index in [1.54, 1.807) is 0 Å². The van der Waals surface area contributed by atoms with Crippen LogP contribution in [0.5, 0.6) is 0 Å². The largest absolute Gasteiger partial charge is 0.313 e. The molecule has 0 spiro atoms. The Morgan fingerprint density at radius 2 is 2.06 bits per heavy atom. The van der Waals surface area contributed by atoms with E-state index in [0.717, 1.165) is 23.1 Å². The van der Waals surface area contributed by atoms with Gasteiger partial charge in [-0.2, -0.15) is 0 Å². The summed E-state index contributed by atoms with van der Waals surface area (Å²) in [5.74, 6) is 0. The van der Waals surface area contributed by atoms with E-state index >= 15 is 0 Å². The molecule has 2 aromatic rings. The highest BCUT2D eigenvalue weighted by Gasteiger charge is 2.03. The van der Waals surface area contributed by atoms with Crippen LogP contribution in [0, 0.1) is 0 Å². The van der Waals surface area contributed by atoms with Crippen LogP contribution >= 0.6 is 15.9 Å². The molecule has 0 aliphatic carbocycles. The average Bonchev–Trinajstić information content (AvgIpc) is 2.37. The van der Waals surface area contributed by atoms with Gasteiger partial charge in [-0.05, 0) is 29.8 Å². The summed E-state index contributed by atoms with van der Waals surface area (Å²) < 4.78 is 1.10. The summed E-state index contributed by atoms with van der Waals surface area (Å²) in [5.41, 5.74) is 3.53. The highest BCUT2D eigenvalue weighted by atomic mass is 79.9. The Kier molecular flexibility index (Phi) is 4.29. The van der Waals surface area contributed by atoms with Crippen molar-refractivity contribution in [2.45, 2.75) is 13.5 Å². The summed E-state index contributed by atoms with van der Waals surface area (Å²) in [6.07, 6.45) is 3.80. The molecule has 0 aliphatic heterocycles. The first-order chi connectivity index (χ1) is 8.31. The Balaban J connectivity index is 2.30. The summed E-state index contributed by atoms with van der Waals surface area (Å²) in [7, 11) is 0. The fourth-order valence-corrected chi connectivity index (χ4v) is 2.21. The normalized spacial score (nSPS) is 10.5. The van der Waals surface area contributed by atoms with Crippen molar-refractivity contribution in [2.24, 2.45) is 0 Å². The average molecular weight is 291 g/mol. The third-order valence-corrected chi connectivity index (χ3v) is 3.25. The van der Waals surface area contributed by atoms with Crippen LogP contribution in [0.3, 0.4) is 0 Å². The van der Waals surface area contributed by atoms with Gasteiger partial charge < -0.3 is 5.32 Å². The topological polar surface area (TPSA) is 24.9 Å². The van der Waals surface area contributed by atoms with Gasteiger partial charge in [0.1, 0.15) is 0 Å². The van der Waals surface area contributed by atoms with Gasteiger partial charge in [-0.3, -0.25) is 4.98 Å². The summed E-state index contributed by atoms with van der Waals surface area (Å²) >= 11 is 3.57. The lowest BCUT2D eigenvalue weighted by molar-refractivity contribution is 0.724. The van der Waals surface area contributed by atoms with Crippen molar-refractivity contribution in [2.75, 3.05) is 6.54 Å². The van der Waals surface area contributed by atoms with E-state index in [2.05, 4.69) is 45.3 Å².